The van der Waals surface area contributed by atoms with E-state index in [2.05, 4.69) is 11.6 Å². The average Bonchev–Trinajstić information content (AvgIpc) is 3.24. The van der Waals surface area contributed by atoms with Crippen LogP contribution in [0.1, 0.15) is 43.5 Å². The van der Waals surface area contributed by atoms with Crippen LogP contribution in [0.5, 0.6) is 23.0 Å². The van der Waals surface area contributed by atoms with Crippen molar-refractivity contribution in [2.24, 2.45) is 4.99 Å². The molecule has 1 aliphatic heterocycles. The molecular weight excluding hydrogens is 532 g/mol. The zero-order valence-corrected chi connectivity index (χ0v) is 24.0. The number of ether oxygens (including phenoxy) is 4. The first-order valence-corrected chi connectivity index (χ1v) is 13.6. The van der Waals surface area contributed by atoms with E-state index in [4.69, 9.17) is 18.9 Å². The molecule has 1 N–H and O–H groups in total. The normalized spacial score (nSPS) is 14.8. The van der Waals surface area contributed by atoms with Gasteiger partial charge in [0.1, 0.15) is 0 Å². The number of benzene rings is 2. The number of allylic oxidation sites excluding steroid dienone is 2. The number of carbonyl (C=O) groups is 1. The van der Waals surface area contributed by atoms with Crippen LogP contribution in [-0.4, -0.2) is 43.1 Å². The maximum atomic E-state index is 14.0. The second-order valence-corrected chi connectivity index (χ2v) is 9.88. The Hall–Kier alpha value is -4.31. The molecule has 210 valence electrons. The quantitative estimate of drug-likeness (QED) is 0.296. The zero-order valence-electron chi connectivity index (χ0n) is 23.1. The minimum absolute atomic E-state index is 0.0449. The van der Waals surface area contributed by atoms with Gasteiger partial charge < -0.3 is 24.1 Å². The lowest BCUT2D eigenvalue weighted by molar-refractivity contribution is -0.139. The van der Waals surface area contributed by atoms with Crippen molar-refractivity contribution in [3.05, 3.63) is 90.6 Å². The first kappa shape index (κ1) is 28.7. The summed E-state index contributed by atoms with van der Waals surface area (Å²) in [5.41, 5.74) is 2.34. The molecule has 4 rings (SSSR count). The van der Waals surface area contributed by atoms with E-state index in [9.17, 15) is 14.7 Å². The van der Waals surface area contributed by atoms with Gasteiger partial charge in [0.2, 0.25) is 0 Å². The second kappa shape index (κ2) is 12.3. The summed E-state index contributed by atoms with van der Waals surface area (Å²) in [5, 5.41) is 10.6. The molecule has 9 nitrogen and oxygen atoms in total. The molecular formula is C30H32N2O7S. The van der Waals surface area contributed by atoms with E-state index in [1.807, 2.05) is 6.92 Å². The molecule has 1 atom stereocenters. The number of carbonyl (C=O) groups excluding carboxylic acids is 1. The summed E-state index contributed by atoms with van der Waals surface area (Å²) in [5.74, 6) is 0.798. The number of methoxy groups -OCH3 is 2. The topological polar surface area (TPSA) is 109 Å². The van der Waals surface area contributed by atoms with Crippen LogP contribution < -0.4 is 29.1 Å². The fourth-order valence-electron chi connectivity index (χ4n) is 4.63. The Morgan fingerprint density at radius 1 is 1.12 bits per heavy atom. The molecule has 0 amide bonds. The number of phenols is 1. The van der Waals surface area contributed by atoms with Gasteiger partial charge in [-0.15, -0.1) is 6.58 Å². The molecule has 1 aromatic heterocycles. The molecule has 0 radical (unpaired) electrons. The van der Waals surface area contributed by atoms with Crippen LogP contribution in [-0.2, 0) is 16.0 Å². The highest BCUT2D eigenvalue weighted by Crippen LogP contribution is 2.36. The summed E-state index contributed by atoms with van der Waals surface area (Å²) in [6.45, 7) is 9.59. The first-order valence-electron chi connectivity index (χ1n) is 12.8. The fourth-order valence-corrected chi connectivity index (χ4v) is 5.68. The van der Waals surface area contributed by atoms with Crippen molar-refractivity contribution in [1.82, 2.24) is 4.57 Å². The minimum Gasteiger partial charge on any atom is -0.504 e. The van der Waals surface area contributed by atoms with Crippen molar-refractivity contribution in [3.8, 4) is 23.0 Å². The summed E-state index contributed by atoms with van der Waals surface area (Å²) in [6, 6.07) is 7.94. The van der Waals surface area contributed by atoms with Gasteiger partial charge in [-0.3, -0.25) is 9.36 Å². The van der Waals surface area contributed by atoms with Crippen molar-refractivity contribution >= 4 is 23.4 Å². The molecule has 0 fully saturated rings. The van der Waals surface area contributed by atoms with Crippen LogP contribution in [0.25, 0.3) is 6.08 Å². The molecule has 2 aromatic carbocycles. The Balaban J connectivity index is 1.96. The number of rotatable bonds is 10. The number of fused-ring (bicyclic) bond motifs is 1. The van der Waals surface area contributed by atoms with Crippen molar-refractivity contribution in [3.63, 3.8) is 0 Å². The number of aromatic hydroxyl groups is 1. The summed E-state index contributed by atoms with van der Waals surface area (Å²) in [7, 11) is 3.06. The predicted octanol–water partition coefficient (Wildman–Crippen LogP) is 3.65. The molecule has 2 heterocycles. The van der Waals surface area contributed by atoms with Gasteiger partial charge in [-0.2, -0.15) is 0 Å². The zero-order chi connectivity index (χ0) is 29.0. The highest BCUT2D eigenvalue weighted by Gasteiger charge is 2.34. The summed E-state index contributed by atoms with van der Waals surface area (Å²) < 4.78 is 23.8. The van der Waals surface area contributed by atoms with E-state index in [1.54, 1.807) is 56.3 Å². The highest BCUT2D eigenvalue weighted by molar-refractivity contribution is 7.07. The molecule has 1 aliphatic rings. The van der Waals surface area contributed by atoms with Gasteiger partial charge in [0.05, 0.1) is 49.3 Å². The third kappa shape index (κ3) is 5.40. The molecule has 0 bridgehead atoms. The molecule has 40 heavy (non-hydrogen) atoms. The van der Waals surface area contributed by atoms with Crippen molar-refractivity contribution in [2.75, 3.05) is 27.4 Å². The largest absolute Gasteiger partial charge is 0.504 e. The summed E-state index contributed by atoms with van der Waals surface area (Å²) in [4.78, 5) is 32.2. The third-order valence-corrected chi connectivity index (χ3v) is 7.36. The number of thiazole rings is 1. The maximum Gasteiger partial charge on any atom is 0.338 e. The Morgan fingerprint density at radius 2 is 1.88 bits per heavy atom. The van der Waals surface area contributed by atoms with Crippen molar-refractivity contribution < 1.29 is 28.8 Å². The predicted molar refractivity (Wildman–Crippen MR) is 153 cm³/mol. The van der Waals surface area contributed by atoms with Gasteiger partial charge in [0.15, 0.2) is 27.8 Å². The average molecular weight is 565 g/mol. The Kier molecular flexibility index (Phi) is 8.79. The number of aromatic nitrogens is 1. The van der Waals surface area contributed by atoms with Gasteiger partial charge in [-0.25, -0.2) is 9.79 Å². The summed E-state index contributed by atoms with van der Waals surface area (Å²) in [6.07, 6.45) is 3.84. The van der Waals surface area contributed by atoms with Crippen LogP contribution in [0, 0.1) is 0 Å². The van der Waals surface area contributed by atoms with Crippen LogP contribution in [0.15, 0.2) is 64.0 Å². The number of esters is 1. The molecule has 10 heteroatoms. The molecule has 0 saturated heterocycles. The van der Waals surface area contributed by atoms with Gasteiger partial charge in [-0.1, -0.05) is 23.5 Å². The fraction of sp³-hybridized carbons (Fsp3) is 0.300. The molecule has 0 saturated carbocycles. The molecule has 0 unspecified atom stereocenters. The van der Waals surface area contributed by atoms with Gasteiger partial charge >= 0.3 is 5.97 Å². The summed E-state index contributed by atoms with van der Waals surface area (Å²) >= 11 is 1.21. The van der Waals surface area contributed by atoms with Crippen LogP contribution in [0.4, 0.5) is 0 Å². The number of hydrogen-bond acceptors (Lipinski definition) is 9. The van der Waals surface area contributed by atoms with Crippen LogP contribution in [0.3, 0.4) is 0 Å². The Morgan fingerprint density at radius 3 is 2.52 bits per heavy atom. The Labute approximate surface area is 235 Å². The first-order chi connectivity index (χ1) is 19.3. The standard InChI is InChI=1S/C30H32N2O7S/c1-7-10-20-13-18(14-23(27(20)33)38-8-2)15-24-28(34)32-26(19-11-12-21(36-5)22(16-19)37-6)25(29(35)39-9-3)17(4)31-30(32)40-24/h7,11-16,26,33H,1,8-10H2,2-6H3/b24-15+/t26-/m0/s1. The van der Waals surface area contributed by atoms with Crippen molar-refractivity contribution in [1.29, 1.82) is 0 Å². The molecule has 0 spiro atoms. The SMILES string of the molecule is C=CCc1cc(/C=c2/sc3n(c2=O)[C@@H](c2ccc(OC)c(OC)c2)C(C(=O)OCC)=C(C)N=3)cc(OCC)c1O. The van der Waals surface area contributed by atoms with Crippen LogP contribution in [0.2, 0.25) is 0 Å². The van der Waals surface area contributed by atoms with Gasteiger partial charge in [0, 0.05) is 5.56 Å². The van der Waals surface area contributed by atoms with E-state index in [1.165, 1.54) is 30.1 Å². The second-order valence-electron chi connectivity index (χ2n) is 8.87. The lowest BCUT2D eigenvalue weighted by atomic mass is 9.95. The van der Waals surface area contributed by atoms with Crippen LogP contribution >= 0.6 is 11.3 Å². The maximum absolute atomic E-state index is 14.0. The molecule has 0 aliphatic carbocycles. The van der Waals surface area contributed by atoms with Gasteiger partial charge in [-0.05, 0) is 68.7 Å². The minimum atomic E-state index is -0.799. The lowest BCUT2D eigenvalue weighted by Gasteiger charge is -2.25. The number of hydrogen-bond donors (Lipinski definition) is 1. The number of nitrogens with zero attached hydrogens (tertiary/aromatic N) is 2. The van der Waals surface area contributed by atoms with E-state index in [0.29, 0.717) is 62.0 Å². The van der Waals surface area contributed by atoms with Gasteiger partial charge in [0.25, 0.3) is 5.56 Å². The van der Waals surface area contributed by atoms with E-state index >= 15 is 0 Å². The van der Waals surface area contributed by atoms with E-state index in [0.717, 1.165) is 0 Å². The monoisotopic (exact) mass is 564 g/mol. The lowest BCUT2D eigenvalue weighted by Crippen LogP contribution is -2.40. The van der Waals surface area contributed by atoms with E-state index in [-0.39, 0.29) is 23.5 Å². The molecule has 3 aromatic rings. The van der Waals surface area contributed by atoms with Crippen molar-refractivity contribution in [2.45, 2.75) is 33.2 Å². The Bertz CT molecular complexity index is 1670. The number of phenolic OH excluding ortho intramolecular Hbond substituents is 1. The smallest absolute Gasteiger partial charge is 0.338 e. The highest BCUT2D eigenvalue weighted by atomic mass is 32.1. The van der Waals surface area contributed by atoms with E-state index < -0.39 is 12.0 Å². The third-order valence-electron chi connectivity index (χ3n) is 6.38.